The summed E-state index contributed by atoms with van der Waals surface area (Å²) in [6, 6.07) is 8.53. The van der Waals surface area contributed by atoms with Crippen LogP contribution in [0.3, 0.4) is 0 Å². The van der Waals surface area contributed by atoms with Crippen molar-refractivity contribution < 1.29 is 5.11 Å². The van der Waals surface area contributed by atoms with Crippen LogP contribution in [0.15, 0.2) is 24.3 Å². The van der Waals surface area contributed by atoms with E-state index in [2.05, 4.69) is 38.1 Å². The van der Waals surface area contributed by atoms with Crippen molar-refractivity contribution in [2.24, 2.45) is 0 Å². The number of aliphatic hydroxyl groups is 1. The van der Waals surface area contributed by atoms with Gasteiger partial charge in [0.15, 0.2) is 0 Å². The molecular weight excluding hydrogens is 184 g/mol. The topological polar surface area (TPSA) is 20.2 Å². The molecule has 0 aromatic heterocycles. The van der Waals surface area contributed by atoms with Gasteiger partial charge in [-0.15, -0.1) is 0 Å². The zero-order valence-electron chi connectivity index (χ0n) is 9.87. The number of hydrogen-bond acceptors (Lipinski definition) is 1. The third kappa shape index (κ3) is 4.98. The quantitative estimate of drug-likeness (QED) is 0.755. The van der Waals surface area contributed by atoms with Gasteiger partial charge in [0.1, 0.15) is 0 Å². The van der Waals surface area contributed by atoms with Gasteiger partial charge in [0.2, 0.25) is 0 Å². The first-order chi connectivity index (χ1) is 7.22. The highest BCUT2D eigenvalue weighted by Gasteiger charge is 2.03. The van der Waals surface area contributed by atoms with Crippen LogP contribution in [0, 0.1) is 6.92 Å². The maximum Gasteiger partial charge on any atom is 0.0543 e. The second-order valence-corrected chi connectivity index (χ2v) is 4.32. The van der Waals surface area contributed by atoms with Crippen LogP contribution in [-0.2, 0) is 6.42 Å². The maximum absolute atomic E-state index is 9.71. The average Bonchev–Trinajstić information content (AvgIpc) is 2.23. The summed E-state index contributed by atoms with van der Waals surface area (Å²) in [6.07, 6.45) is 5.01. The Hall–Kier alpha value is -0.820. The zero-order valence-corrected chi connectivity index (χ0v) is 9.87. The molecular formula is C14H22O. The maximum atomic E-state index is 9.71. The van der Waals surface area contributed by atoms with Gasteiger partial charge in [-0.25, -0.2) is 0 Å². The van der Waals surface area contributed by atoms with Gasteiger partial charge in [-0.2, -0.15) is 0 Å². The number of unbranched alkanes of at least 4 members (excludes halogenated alkanes) is 1. The Labute approximate surface area is 93.1 Å². The van der Waals surface area contributed by atoms with E-state index in [-0.39, 0.29) is 6.10 Å². The summed E-state index contributed by atoms with van der Waals surface area (Å²) in [6.45, 7) is 4.27. The lowest BCUT2D eigenvalue weighted by molar-refractivity contribution is 0.152. The first-order valence-corrected chi connectivity index (χ1v) is 5.96. The summed E-state index contributed by atoms with van der Waals surface area (Å²) in [5, 5.41) is 9.71. The van der Waals surface area contributed by atoms with Crippen molar-refractivity contribution in [3.8, 4) is 0 Å². The molecule has 0 aliphatic carbocycles. The minimum atomic E-state index is -0.120. The summed E-state index contributed by atoms with van der Waals surface area (Å²) >= 11 is 0. The molecule has 1 N–H and O–H groups in total. The van der Waals surface area contributed by atoms with E-state index in [9.17, 15) is 5.11 Å². The lowest BCUT2D eigenvalue weighted by atomic mass is 10.0. The molecule has 0 aliphatic rings. The largest absolute Gasteiger partial charge is 0.393 e. The van der Waals surface area contributed by atoms with Gasteiger partial charge in [-0.05, 0) is 31.7 Å². The third-order valence-electron chi connectivity index (χ3n) is 2.74. The molecule has 0 amide bonds. The highest BCUT2D eigenvalue weighted by atomic mass is 16.3. The molecule has 1 atom stereocenters. The Kier molecular flexibility index (Phi) is 5.41. The van der Waals surface area contributed by atoms with Crippen LogP contribution in [-0.4, -0.2) is 11.2 Å². The standard InChI is InChI=1S/C14H22O/c1-3-4-8-14(15)10-9-13-7-5-6-12(2)11-13/h5-7,11,14-15H,3-4,8-10H2,1-2H3. The van der Waals surface area contributed by atoms with E-state index in [4.69, 9.17) is 0 Å². The van der Waals surface area contributed by atoms with Crippen molar-refractivity contribution in [3.63, 3.8) is 0 Å². The van der Waals surface area contributed by atoms with Crippen LogP contribution >= 0.6 is 0 Å². The van der Waals surface area contributed by atoms with Crippen molar-refractivity contribution in [3.05, 3.63) is 35.4 Å². The second-order valence-electron chi connectivity index (χ2n) is 4.32. The third-order valence-corrected chi connectivity index (χ3v) is 2.74. The molecule has 0 spiro atoms. The molecule has 0 bridgehead atoms. The highest BCUT2D eigenvalue weighted by Crippen LogP contribution is 2.11. The fourth-order valence-electron chi connectivity index (χ4n) is 1.79. The number of benzene rings is 1. The summed E-state index contributed by atoms with van der Waals surface area (Å²) in [5.74, 6) is 0. The van der Waals surface area contributed by atoms with Crippen molar-refractivity contribution in [1.29, 1.82) is 0 Å². The SMILES string of the molecule is CCCCC(O)CCc1cccc(C)c1. The zero-order chi connectivity index (χ0) is 11.1. The Balaban J connectivity index is 2.30. The van der Waals surface area contributed by atoms with Crippen molar-refractivity contribution in [2.45, 2.75) is 52.1 Å². The first kappa shape index (κ1) is 12.3. The molecule has 0 aliphatic heterocycles. The van der Waals surface area contributed by atoms with E-state index >= 15 is 0 Å². The molecule has 0 saturated heterocycles. The van der Waals surface area contributed by atoms with Crippen molar-refractivity contribution >= 4 is 0 Å². The molecule has 84 valence electrons. The predicted octanol–water partition coefficient (Wildman–Crippen LogP) is 3.48. The summed E-state index contributed by atoms with van der Waals surface area (Å²) in [7, 11) is 0. The van der Waals surface area contributed by atoms with Gasteiger partial charge in [-0.1, -0.05) is 49.6 Å². The Morgan fingerprint density at radius 3 is 2.73 bits per heavy atom. The molecule has 0 saturated carbocycles. The lowest BCUT2D eigenvalue weighted by Crippen LogP contribution is -2.07. The van der Waals surface area contributed by atoms with Crippen molar-refractivity contribution in [1.82, 2.24) is 0 Å². The fourth-order valence-corrected chi connectivity index (χ4v) is 1.79. The van der Waals surface area contributed by atoms with Gasteiger partial charge in [0, 0.05) is 0 Å². The minimum absolute atomic E-state index is 0.120. The molecule has 1 aromatic carbocycles. The van der Waals surface area contributed by atoms with Gasteiger partial charge in [0.25, 0.3) is 0 Å². The minimum Gasteiger partial charge on any atom is -0.393 e. The van der Waals surface area contributed by atoms with E-state index < -0.39 is 0 Å². The number of aryl methyl sites for hydroxylation is 2. The first-order valence-electron chi connectivity index (χ1n) is 5.96. The molecule has 1 aromatic rings. The number of hydrogen-bond donors (Lipinski definition) is 1. The molecule has 0 fully saturated rings. The van der Waals surface area contributed by atoms with E-state index in [1.165, 1.54) is 17.5 Å². The summed E-state index contributed by atoms with van der Waals surface area (Å²) < 4.78 is 0. The van der Waals surface area contributed by atoms with Crippen LogP contribution < -0.4 is 0 Å². The predicted molar refractivity (Wildman–Crippen MR) is 65.0 cm³/mol. The summed E-state index contributed by atoms with van der Waals surface area (Å²) in [4.78, 5) is 0. The van der Waals surface area contributed by atoms with Crippen molar-refractivity contribution in [2.75, 3.05) is 0 Å². The number of aliphatic hydroxyl groups excluding tert-OH is 1. The average molecular weight is 206 g/mol. The van der Waals surface area contributed by atoms with E-state index in [1.54, 1.807) is 0 Å². The monoisotopic (exact) mass is 206 g/mol. The smallest absolute Gasteiger partial charge is 0.0543 e. The van der Waals surface area contributed by atoms with E-state index in [0.29, 0.717) is 0 Å². The Morgan fingerprint density at radius 2 is 2.07 bits per heavy atom. The molecule has 1 unspecified atom stereocenters. The molecule has 1 nitrogen and oxygen atoms in total. The van der Waals surface area contributed by atoms with Crippen LogP contribution in [0.5, 0.6) is 0 Å². The summed E-state index contributed by atoms with van der Waals surface area (Å²) in [5.41, 5.74) is 2.64. The Bertz CT molecular complexity index is 280. The highest BCUT2D eigenvalue weighted by molar-refractivity contribution is 5.22. The van der Waals surface area contributed by atoms with Gasteiger partial charge < -0.3 is 5.11 Å². The molecule has 15 heavy (non-hydrogen) atoms. The lowest BCUT2D eigenvalue weighted by Gasteiger charge is -2.09. The van der Waals surface area contributed by atoms with Crippen LogP contribution in [0.1, 0.15) is 43.7 Å². The van der Waals surface area contributed by atoms with Crippen LogP contribution in [0.4, 0.5) is 0 Å². The van der Waals surface area contributed by atoms with Crippen LogP contribution in [0.25, 0.3) is 0 Å². The van der Waals surface area contributed by atoms with Gasteiger partial charge in [-0.3, -0.25) is 0 Å². The van der Waals surface area contributed by atoms with Crippen LogP contribution in [0.2, 0.25) is 0 Å². The molecule has 1 rings (SSSR count). The molecule has 0 radical (unpaired) electrons. The molecule has 0 heterocycles. The number of rotatable bonds is 6. The second kappa shape index (κ2) is 6.62. The fraction of sp³-hybridized carbons (Fsp3) is 0.571. The van der Waals surface area contributed by atoms with E-state index in [0.717, 1.165) is 25.7 Å². The van der Waals surface area contributed by atoms with E-state index in [1.807, 2.05) is 0 Å². The van der Waals surface area contributed by atoms with Gasteiger partial charge in [0.05, 0.1) is 6.10 Å². The normalized spacial score (nSPS) is 12.7. The van der Waals surface area contributed by atoms with Gasteiger partial charge >= 0.3 is 0 Å². The Morgan fingerprint density at radius 1 is 1.27 bits per heavy atom. The molecule has 1 heteroatoms.